The molecule has 0 spiro atoms. The second kappa shape index (κ2) is 9.51. The number of anilines is 4. The predicted molar refractivity (Wildman–Crippen MR) is 127 cm³/mol. The molecule has 2 N–H and O–H groups in total. The minimum absolute atomic E-state index is 0.439. The number of nitriles is 2. The fraction of sp³-hybridized carbons (Fsp3) is 0.0769. The number of aromatic nitrogens is 2. The first-order valence-corrected chi connectivity index (χ1v) is 10.2. The van der Waals surface area contributed by atoms with Crippen LogP contribution < -0.4 is 10.6 Å². The third-order valence-electron chi connectivity index (χ3n) is 5.02. The highest BCUT2D eigenvalue weighted by Crippen LogP contribution is 2.31. The third-order valence-corrected chi connectivity index (χ3v) is 5.02. The molecule has 7 heteroatoms. The van der Waals surface area contributed by atoms with E-state index in [1.54, 1.807) is 48.9 Å². The third kappa shape index (κ3) is 4.90. The van der Waals surface area contributed by atoms with Gasteiger partial charge >= 0.3 is 0 Å². The standard InChI is InChI=1S/C26H20N6O/c1-17-14-20(22(9-11-27)23-4-3-13-33-23)15-18(2)25(17)31-24-10-12-29-26(32-24)30-21-7-5-19(16-28)6-8-21/h3-10,12-15H,1-2H3,(H2,29,30,31,32)/b22-9+. The molecular formula is C26H20N6O. The van der Waals surface area contributed by atoms with Crippen molar-refractivity contribution in [2.75, 3.05) is 10.6 Å². The van der Waals surface area contributed by atoms with E-state index in [2.05, 4.69) is 32.7 Å². The summed E-state index contributed by atoms with van der Waals surface area (Å²) in [6.07, 6.45) is 4.76. The van der Waals surface area contributed by atoms with E-state index in [9.17, 15) is 5.26 Å². The van der Waals surface area contributed by atoms with Gasteiger partial charge in [0.05, 0.1) is 24.0 Å². The summed E-state index contributed by atoms with van der Waals surface area (Å²) >= 11 is 0. The van der Waals surface area contributed by atoms with Gasteiger partial charge in [-0.2, -0.15) is 15.5 Å². The van der Waals surface area contributed by atoms with Gasteiger partial charge in [-0.1, -0.05) is 0 Å². The van der Waals surface area contributed by atoms with Gasteiger partial charge in [0.15, 0.2) is 0 Å². The van der Waals surface area contributed by atoms with Crippen molar-refractivity contribution in [2.45, 2.75) is 13.8 Å². The van der Waals surface area contributed by atoms with E-state index in [-0.39, 0.29) is 0 Å². The average molecular weight is 432 g/mol. The normalized spacial score (nSPS) is 10.8. The molecule has 33 heavy (non-hydrogen) atoms. The Balaban J connectivity index is 1.58. The Labute approximate surface area is 191 Å². The van der Waals surface area contributed by atoms with Crippen molar-refractivity contribution in [3.05, 3.63) is 101 Å². The molecule has 0 aliphatic heterocycles. The van der Waals surface area contributed by atoms with E-state index < -0.39 is 0 Å². The number of nitrogens with one attached hydrogen (secondary N) is 2. The first kappa shape index (κ1) is 21.4. The molecule has 0 aliphatic carbocycles. The quantitative estimate of drug-likeness (QED) is 0.359. The Bertz CT molecular complexity index is 1370. The minimum Gasteiger partial charge on any atom is -0.464 e. The molecule has 2 aromatic heterocycles. The molecule has 7 nitrogen and oxygen atoms in total. The van der Waals surface area contributed by atoms with Gasteiger partial charge in [-0.15, -0.1) is 0 Å². The predicted octanol–water partition coefficient (Wildman–Crippen LogP) is 6.00. The summed E-state index contributed by atoms with van der Waals surface area (Å²) in [6, 6.07) is 20.7. The number of hydrogen-bond donors (Lipinski definition) is 2. The fourth-order valence-corrected chi connectivity index (χ4v) is 3.48. The Morgan fingerprint density at radius 3 is 2.39 bits per heavy atom. The fourth-order valence-electron chi connectivity index (χ4n) is 3.48. The van der Waals surface area contributed by atoms with E-state index in [1.165, 1.54) is 6.08 Å². The van der Waals surface area contributed by atoms with Crippen LogP contribution in [0, 0.1) is 36.5 Å². The number of rotatable bonds is 6. The summed E-state index contributed by atoms with van der Waals surface area (Å²) in [5, 5.41) is 24.7. The summed E-state index contributed by atoms with van der Waals surface area (Å²) in [6.45, 7) is 4.00. The zero-order valence-electron chi connectivity index (χ0n) is 18.1. The molecule has 0 unspecified atom stereocenters. The average Bonchev–Trinajstić information content (AvgIpc) is 3.35. The smallest absolute Gasteiger partial charge is 0.229 e. The molecule has 0 fully saturated rings. The molecule has 0 radical (unpaired) electrons. The van der Waals surface area contributed by atoms with Gasteiger partial charge in [-0.25, -0.2) is 4.98 Å². The van der Waals surface area contributed by atoms with Crippen LogP contribution in [0.2, 0.25) is 0 Å². The molecule has 0 saturated heterocycles. The number of aryl methyl sites for hydroxylation is 2. The van der Waals surface area contributed by atoms with Gasteiger partial charge in [-0.3, -0.25) is 0 Å². The van der Waals surface area contributed by atoms with Crippen LogP contribution in [0.3, 0.4) is 0 Å². The molecule has 4 rings (SSSR count). The van der Waals surface area contributed by atoms with E-state index in [1.807, 2.05) is 32.0 Å². The summed E-state index contributed by atoms with van der Waals surface area (Å²) in [7, 11) is 0. The maximum atomic E-state index is 9.23. The van der Waals surface area contributed by atoms with E-state index in [4.69, 9.17) is 9.68 Å². The van der Waals surface area contributed by atoms with Crippen molar-refractivity contribution < 1.29 is 4.42 Å². The van der Waals surface area contributed by atoms with Crippen LogP contribution in [-0.4, -0.2) is 9.97 Å². The monoisotopic (exact) mass is 432 g/mol. The van der Waals surface area contributed by atoms with Crippen LogP contribution in [0.1, 0.15) is 28.0 Å². The highest BCUT2D eigenvalue weighted by atomic mass is 16.3. The number of furan rings is 1. The maximum absolute atomic E-state index is 9.23. The summed E-state index contributed by atoms with van der Waals surface area (Å²) < 4.78 is 5.51. The molecule has 2 heterocycles. The SMILES string of the molecule is Cc1cc(/C(=C\C#N)c2ccco2)cc(C)c1Nc1ccnc(Nc2ccc(C#N)cc2)n1. The number of hydrogen-bond acceptors (Lipinski definition) is 7. The van der Waals surface area contributed by atoms with Crippen molar-refractivity contribution in [1.82, 2.24) is 9.97 Å². The second-order valence-corrected chi connectivity index (χ2v) is 7.35. The lowest BCUT2D eigenvalue weighted by Gasteiger charge is -2.15. The number of allylic oxidation sites excluding steroid dienone is 1. The zero-order chi connectivity index (χ0) is 23.2. The topological polar surface area (TPSA) is 111 Å². The largest absolute Gasteiger partial charge is 0.464 e. The Morgan fingerprint density at radius 2 is 1.76 bits per heavy atom. The van der Waals surface area contributed by atoms with Crippen LogP contribution in [0.25, 0.3) is 5.57 Å². The summed E-state index contributed by atoms with van der Waals surface area (Å²) in [5.74, 6) is 1.72. The molecule has 0 bridgehead atoms. The van der Waals surface area contributed by atoms with Crippen LogP contribution in [-0.2, 0) is 0 Å². The van der Waals surface area contributed by atoms with Gasteiger partial charge in [0.2, 0.25) is 5.95 Å². The molecule has 0 aliphatic rings. The van der Waals surface area contributed by atoms with Crippen molar-refractivity contribution in [2.24, 2.45) is 0 Å². The van der Waals surface area contributed by atoms with Gasteiger partial charge in [0.25, 0.3) is 0 Å². The second-order valence-electron chi connectivity index (χ2n) is 7.35. The highest BCUT2D eigenvalue weighted by molar-refractivity contribution is 5.81. The molecule has 0 atom stereocenters. The van der Waals surface area contributed by atoms with Crippen molar-refractivity contribution >= 4 is 28.7 Å². The number of benzene rings is 2. The molecule has 160 valence electrons. The summed E-state index contributed by atoms with van der Waals surface area (Å²) in [4.78, 5) is 8.82. The lowest BCUT2D eigenvalue weighted by atomic mass is 9.97. The Kier molecular flexibility index (Phi) is 6.15. The molecule has 4 aromatic rings. The Hall–Kier alpha value is -4.88. The zero-order valence-corrected chi connectivity index (χ0v) is 18.1. The number of nitrogens with zero attached hydrogens (tertiary/aromatic N) is 4. The minimum atomic E-state index is 0.439. The van der Waals surface area contributed by atoms with E-state index >= 15 is 0 Å². The summed E-state index contributed by atoms with van der Waals surface area (Å²) in [5.41, 5.74) is 5.94. The lowest BCUT2D eigenvalue weighted by molar-refractivity contribution is 0.554. The van der Waals surface area contributed by atoms with Crippen molar-refractivity contribution in [1.29, 1.82) is 10.5 Å². The molecule has 2 aromatic carbocycles. The maximum Gasteiger partial charge on any atom is 0.229 e. The van der Waals surface area contributed by atoms with Crippen molar-refractivity contribution in [3.8, 4) is 12.1 Å². The highest BCUT2D eigenvalue weighted by Gasteiger charge is 2.13. The first-order valence-electron chi connectivity index (χ1n) is 10.2. The van der Waals surface area contributed by atoms with Gasteiger partial charge in [0.1, 0.15) is 11.6 Å². The van der Waals surface area contributed by atoms with Gasteiger partial charge < -0.3 is 15.1 Å². The first-order chi connectivity index (χ1) is 16.1. The Morgan fingerprint density at radius 1 is 1.00 bits per heavy atom. The molecule has 0 saturated carbocycles. The van der Waals surface area contributed by atoms with E-state index in [0.717, 1.165) is 33.6 Å². The van der Waals surface area contributed by atoms with Gasteiger partial charge in [-0.05, 0) is 85.1 Å². The lowest BCUT2D eigenvalue weighted by Crippen LogP contribution is -2.03. The van der Waals surface area contributed by atoms with Crippen LogP contribution in [0.15, 0.2) is 77.6 Å². The van der Waals surface area contributed by atoms with Gasteiger partial charge in [0, 0.05) is 29.2 Å². The molecular weight excluding hydrogens is 412 g/mol. The molecule has 0 amide bonds. The van der Waals surface area contributed by atoms with Crippen LogP contribution in [0.5, 0.6) is 0 Å². The van der Waals surface area contributed by atoms with E-state index in [0.29, 0.717) is 23.1 Å². The van der Waals surface area contributed by atoms with Crippen LogP contribution >= 0.6 is 0 Å². The van der Waals surface area contributed by atoms with Crippen molar-refractivity contribution in [3.63, 3.8) is 0 Å². The van der Waals surface area contributed by atoms with Crippen LogP contribution in [0.4, 0.5) is 23.1 Å².